The summed E-state index contributed by atoms with van der Waals surface area (Å²) in [5, 5.41) is 11.8. The summed E-state index contributed by atoms with van der Waals surface area (Å²) in [4.78, 5) is 13.8. The van der Waals surface area contributed by atoms with Gasteiger partial charge in [0.2, 0.25) is 0 Å². The van der Waals surface area contributed by atoms with Gasteiger partial charge < -0.3 is 9.84 Å². The van der Waals surface area contributed by atoms with Crippen molar-refractivity contribution in [2.75, 3.05) is 6.61 Å². The molecular weight excluding hydrogens is 475 g/mol. The summed E-state index contributed by atoms with van der Waals surface area (Å²) in [5.41, 5.74) is 1.09. The number of hydrogen-bond donors (Lipinski definition) is 1. The van der Waals surface area contributed by atoms with E-state index < -0.39 is 0 Å². The maximum absolute atomic E-state index is 12.0. The van der Waals surface area contributed by atoms with Crippen LogP contribution in [0, 0.1) is 11.8 Å². The van der Waals surface area contributed by atoms with Crippen molar-refractivity contribution in [3.8, 4) is 0 Å². The Labute approximate surface area is 203 Å². The first kappa shape index (κ1) is 24.9. The van der Waals surface area contributed by atoms with Crippen molar-refractivity contribution in [3.63, 3.8) is 0 Å². The van der Waals surface area contributed by atoms with Crippen LogP contribution in [0.4, 0.5) is 0 Å². The highest BCUT2D eigenvalue weighted by molar-refractivity contribution is 7.13. The second kappa shape index (κ2) is 11.9. The van der Waals surface area contributed by atoms with Gasteiger partial charge in [0.1, 0.15) is 4.88 Å². The normalized spacial score (nSPS) is 23.3. The minimum atomic E-state index is -0.371. The summed E-state index contributed by atoms with van der Waals surface area (Å²) in [6.07, 6.45) is 5.60. The number of halogens is 3. The number of carbonyl (C=O) groups is 1. The fourth-order valence-electron chi connectivity index (χ4n) is 4.42. The molecule has 0 unspecified atom stereocenters. The van der Waals surface area contributed by atoms with E-state index in [9.17, 15) is 9.90 Å². The highest BCUT2D eigenvalue weighted by atomic mass is 35.5. The Morgan fingerprint density at radius 2 is 1.87 bits per heavy atom. The van der Waals surface area contributed by atoms with Gasteiger partial charge >= 0.3 is 5.97 Å². The maximum atomic E-state index is 12.0. The van der Waals surface area contributed by atoms with Gasteiger partial charge in [-0.3, -0.25) is 0 Å². The first-order chi connectivity index (χ1) is 14.9. The van der Waals surface area contributed by atoms with E-state index in [2.05, 4.69) is 0 Å². The van der Waals surface area contributed by atoms with Crippen molar-refractivity contribution in [2.45, 2.75) is 63.4 Å². The average Bonchev–Trinajstić information content (AvgIpc) is 3.28. The fourth-order valence-corrected chi connectivity index (χ4v) is 6.43. The predicted molar refractivity (Wildman–Crippen MR) is 130 cm³/mol. The zero-order chi connectivity index (χ0) is 22.4. The number of aryl methyl sites for hydroxylation is 2. The molecule has 4 atom stereocenters. The van der Waals surface area contributed by atoms with Gasteiger partial charge in [0.05, 0.1) is 12.7 Å². The van der Waals surface area contributed by atoms with Gasteiger partial charge in [0, 0.05) is 20.3 Å². The Kier molecular flexibility index (Phi) is 9.54. The molecule has 170 valence electrons. The lowest BCUT2D eigenvalue weighted by molar-refractivity contribution is 0.0511. The second-order valence-electron chi connectivity index (χ2n) is 8.26. The molecule has 1 aromatic heterocycles. The van der Waals surface area contributed by atoms with Gasteiger partial charge in [-0.2, -0.15) is 0 Å². The smallest absolute Gasteiger partial charge is 0.348 e. The summed E-state index contributed by atoms with van der Waals surface area (Å²) in [5.74, 6) is 0.211. The van der Waals surface area contributed by atoms with Crippen molar-refractivity contribution in [3.05, 3.63) is 55.7 Å². The van der Waals surface area contributed by atoms with E-state index >= 15 is 0 Å². The van der Waals surface area contributed by atoms with E-state index in [-0.39, 0.29) is 29.3 Å². The number of aliphatic hydroxyl groups is 1. The number of aliphatic hydroxyl groups excluding tert-OH is 1. The van der Waals surface area contributed by atoms with Crippen LogP contribution < -0.4 is 0 Å². The number of benzene rings is 1. The Bertz CT molecular complexity index is 849. The number of carbonyl (C=O) groups excluding carboxylic acids is 1. The molecule has 1 aromatic carbocycles. The maximum Gasteiger partial charge on any atom is 0.348 e. The van der Waals surface area contributed by atoms with Crippen molar-refractivity contribution < 1.29 is 14.6 Å². The molecule has 0 bridgehead atoms. The zero-order valence-corrected chi connectivity index (χ0v) is 20.7. The van der Waals surface area contributed by atoms with Crippen LogP contribution >= 0.6 is 46.1 Å². The van der Waals surface area contributed by atoms with Crippen LogP contribution in [0.2, 0.25) is 10.0 Å². The van der Waals surface area contributed by atoms with Gasteiger partial charge in [-0.15, -0.1) is 22.9 Å². The molecule has 0 aliphatic heterocycles. The predicted octanol–water partition coefficient (Wildman–Crippen LogP) is 7.18. The van der Waals surface area contributed by atoms with E-state index in [0.29, 0.717) is 28.0 Å². The second-order valence-corrected chi connectivity index (χ2v) is 10.9. The minimum Gasteiger partial charge on any atom is -0.462 e. The Balaban J connectivity index is 1.52. The molecule has 3 nitrogen and oxygen atoms in total. The van der Waals surface area contributed by atoms with Gasteiger partial charge in [0.15, 0.2) is 0 Å². The number of alkyl halides is 1. The zero-order valence-electron chi connectivity index (χ0n) is 17.7. The summed E-state index contributed by atoms with van der Waals surface area (Å²) in [6.45, 7) is 2.44. The lowest BCUT2D eigenvalue weighted by atomic mass is 9.85. The quantitative estimate of drug-likeness (QED) is 0.276. The molecule has 0 amide bonds. The number of thiophene rings is 1. The summed E-state index contributed by atoms with van der Waals surface area (Å²) >= 11 is 20.4. The molecule has 1 aliphatic rings. The molecule has 0 spiro atoms. The lowest BCUT2D eigenvalue weighted by Crippen LogP contribution is -2.21. The van der Waals surface area contributed by atoms with Gasteiger partial charge in [-0.25, -0.2) is 4.79 Å². The van der Waals surface area contributed by atoms with Crippen molar-refractivity contribution in [1.82, 2.24) is 0 Å². The Morgan fingerprint density at radius 1 is 1.13 bits per heavy atom. The average molecular weight is 504 g/mol. The topological polar surface area (TPSA) is 46.5 Å². The third-order valence-corrected chi connectivity index (χ3v) is 7.99. The molecule has 7 heteroatoms. The van der Waals surface area contributed by atoms with E-state index in [0.717, 1.165) is 44.1 Å². The number of rotatable bonds is 10. The molecule has 1 saturated carbocycles. The Morgan fingerprint density at radius 3 is 2.58 bits per heavy atom. The first-order valence-corrected chi connectivity index (χ1v) is 12.9. The molecule has 0 radical (unpaired) electrons. The van der Waals surface area contributed by atoms with E-state index in [1.54, 1.807) is 6.07 Å². The minimum absolute atomic E-state index is 0.00846. The largest absolute Gasteiger partial charge is 0.462 e. The monoisotopic (exact) mass is 502 g/mol. The SMILES string of the molecule is CCCOC(=O)c1ccc(CCC[C@@H]2[C@@H](CCc3cc(Cl)cc(Cl)c3)[C@H](O)C[C@H]2Cl)s1. The van der Waals surface area contributed by atoms with Crippen LogP contribution in [-0.4, -0.2) is 29.2 Å². The van der Waals surface area contributed by atoms with Crippen LogP contribution in [0.5, 0.6) is 0 Å². The van der Waals surface area contributed by atoms with E-state index in [1.165, 1.54) is 16.2 Å². The molecule has 1 heterocycles. The highest BCUT2D eigenvalue weighted by Gasteiger charge is 2.40. The van der Waals surface area contributed by atoms with Crippen molar-refractivity contribution >= 4 is 52.1 Å². The lowest BCUT2D eigenvalue weighted by Gasteiger charge is -2.23. The molecule has 2 aromatic rings. The van der Waals surface area contributed by atoms with Crippen LogP contribution in [0.25, 0.3) is 0 Å². The molecular formula is C24H29Cl3O3S. The molecule has 1 N–H and O–H groups in total. The standard InChI is InChI=1S/C24H29Cl3O3S/c1-2-10-30-24(29)23-9-7-18(31-23)4-3-5-19-20(22(28)14-21(19)27)8-6-15-11-16(25)13-17(26)12-15/h7,9,11-13,19-22,28H,2-6,8,10,14H2,1H3/t19-,20-,21-,22-/m1/s1. The van der Waals surface area contributed by atoms with E-state index in [1.807, 2.05) is 31.2 Å². The molecule has 3 rings (SSSR count). The van der Waals surface area contributed by atoms with Gasteiger partial charge in [0.25, 0.3) is 0 Å². The fraction of sp³-hybridized carbons (Fsp3) is 0.542. The summed E-state index contributed by atoms with van der Waals surface area (Å²) in [6, 6.07) is 9.45. The van der Waals surface area contributed by atoms with Gasteiger partial charge in [-0.05, 0) is 92.7 Å². The summed E-state index contributed by atoms with van der Waals surface area (Å²) < 4.78 is 5.20. The van der Waals surface area contributed by atoms with Crippen molar-refractivity contribution in [2.24, 2.45) is 11.8 Å². The van der Waals surface area contributed by atoms with Crippen LogP contribution in [-0.2, 0) is 17.6 Å². The van der Waals surface area contributed by atoms with Gasteiger partial charge in [-0.1, -0.05) is 30.1 Å². The highest BCUT2D eigenvalue weighted by Crippen LogP contribution is 2.42. The molecule has 31 heavy (non-hydrogen) atoms. The number of ether oxygens (including phenoxy) is 1. The van der Waals surface area contributed by atoms with E-state index in [4.69, 9.17) is 39.5 Å². The Hall–Kier alpha value is -0.780. The third kappa shape index (κ3) is 7.10. The molecule has 0 saturated heterocycles. The van der Waals surface area contributed by atoms with Crippen LogP contribution in [0.15, 0.2) is 30.3 Å². The number of esters is 1. The first-order valence-electron chi connectivity index (χ1n) is 10.9. The molecule has 1 fully saturated rings. The van der Waals surface area contributed by atoms with Crippen LogP contribution in [0.1, 0.15) is 59.1 Å². The van der Waals surface area contributed by atoms with Crippen molar-refractivity contribution in [1.29, 1.82) is 0 Å². The third-order valence-electron chi connectivity index (χ3n) is 5.92. The molecule has 1 aliphatic carbocycles. The summed E-state index contributed by atoms with van der Waals surface area (Å²) in [7, 11) is 0. The number of hydrogen-bond acceptors (Lipinski definition) is 4. The van der Waals surface area contributed by atoms with Crippen LogP contribution in [0.3, 0.4) is 0 Å².